The third kappa shape index (κ3) is 6.00. The maximum Gasteiger partial charge on any atom is 0.355 e. The Labute approximate surface area is 194 Å². The molecule has 0 spiro atoms. The highest BCUT2D eigenvalue weighted by Gasteiger charge is 2.27. The molecule has 2 aromatic rings. The summed E-state index contributed by atoms with van der Waals surface area (Å²) >= 11 is 0. The molecule has 0 aliphatic rings. The first kappa shape index (κ1) is 26.1. The summed E-state index contributed by atoms with van der Waals surface area (Å²) in [6, 6.07) is 0. The maximum absolute atomic E-state index is 12.6. The molecule has 0 saturated heterocycles. The fourth-order valence-corrected chi connectivity index (χ4v) is 3.83. The number of carbonyl (C=O) groups excluding carboxylic acids is 4. The first-order chi connectivity index (χ1) is 15.6. The van der Waals surface area contributed by atoms with Crippen LogP contribution in [0.3, 0.4) is 0 Å². The average molecular weight is 459 g/mol. The zero-order valence-electron chi connectivity index (χ0n) is 20.4. The second-order valence-corrected chi connectivity index (χ2v) is 8.23. The molecule has 0 bridgehead atoms. The molecule has 8 heteroatoms. The van der Waals surface area contributed by atoms with Crippen molar-refractivity contribution in [3.63, 3.8) is 0 Å². The van der Waals surface area contributed by atoms with Crippen molar-refractivity contribution >= 4 is 23.5 Å². The Morgan fingerprint density at radius 2 is 1.18 bits per heavy atom. The number of esters is 2. The fourth-order valence-electron chi connectivity index (χ4n) is 3.83. The van der Waals surface area contributed by atoms with Gasteiger partial charge in [-0.05, 0) is 51.7 Å². The van der Waals surface area contributed by atoms with Crippen molar-refractivity contribution in [1.29, 1.82) is 0 Å². The molecule has 2 heterocycles. The summed E-state index contributed by atoms with van der Waals surface area (Å²) in [5.74, 6) is -1.55. The van der Waals surface area contributed by atoms with Crippen LogP contribution in [0, 0.1) is 13.8 Å². The molecule has 2 N–H and O–H groups in total. The van der Waals surface area contributed by atoms with Crippen LogP contribution in [0.15, 0.2) is 0 Å². The summed E-state index contributed by atoms with van der Waals surface area (Å²) in [5, 5.41) is 0. The summed E-state index contributed by atoms with van der Waals surface area (Å²) < 4.78 is 10.6. The Kier molecular flexibility index (Phi) is 9.20. The van der Waals surface area contributed by atoms with Gasteiger partial charge in [0.15, 0.2) is 11.6 Å². The van der Waals surface area contributed by atoms with E-state index in [-0.39, 0.29) is 41.5 Å². The van der Waals surface area contributed by atoms with Gasteiger partial charge in [-0.1, -0.05) is 26.7 Å². The number of aromatic amines is 2. The van der Waals surface area contributed by atoms with Crippen molar-refractivity contribution in [3.8, 4) is 0 Å². The minimum atomic E-state index is -0.586. The Morgan fingerprint density at radius 1 is 0.697 bits per heavy atom. The van der Waals surface area contributed by atoms with Crippen molar-refractivity contribution in [2.75, 3.05) is 13.2 Å². The van der Waals surface area contributed by atoms with Crippen LogP contribution in [0.5, 0.6) is 0 Å². The first-order valence-corrected chi connectivity index (χ1v) is 11.4. The van der Waals surface area contributed by atoms with Gasteiger partial charge in [0.1, 0.15) is 11.4 Å². The Balaban J connectivity index is 2.43. The van der Waals surface area contributed by atoms with E-state index in [2.05, 4.69) is 9.97 Å². The zero-order chi connectivity index (χ0) is 24.7. The first-order valence-electron chi connectivity index (χ1n) is 11.4. The molecule has 0 radical (unpaired) electrons. The van der Waals surface area contributed by atoms with Crippen LogP contribution in [0.4, 0.5) is 0 Å². The SMILES string of the molecule is CCCCOC(=O)c1[nH]c(Cc2[nH]c(C(=O)OCCCC)c(C(C)=O)c2C)c(C(C)=O)c1C. The fraction of sp³-hybridized carbons (Fsp3) is 0.520. The van der Waals surface area contributed by atoms with Crippen molar-refractivity contribution in [2.24, 2.45) is 0 Å². The molecule has 0 aliphatic heterocycles. The van der Waals surface area contributed by atoms with Gasteiger partial charge < -0.3 is 19.4 Å². The number of ether oxygens (including phenoxy) is 2. The second-order valence-electron chi connectivity index (χ2n) is 8.23. The molecule has 0 aliphatic carbocycles. The summed E-state index contributed by atoms with van der Waals surface area (Å²) in [6.07, 6.45) is 3.46. The average Bonchev–Trinajstić information content (AvgIpc) is 3.25. The summed E-state index contributed by atoms with van der Waals surface area (Å²) in [5.41, 5.74) is 3.28. The molecule has 0 saturated carbocycles. The third-order valence-electron chi connectivity index (χ3n) is 5.61. The Hall–Kier alpha value is -3.16. The van der Waals surface area contributed by atoms with Crippen molar-refractivity contribution in [2.45, 2.75) is 73.6 Å². The van der Waals surface area contributed by atoms with Crippen LogP contribution in [-0.2, 0) is 15.9 Å². The largest absolute Gasteiger partial charge is 0.461 e. The van der Waals surface area contributed by atoms with Crippen LogP contribution in [-0.4, -0.2) is 46.7 Å². The molecule has 0 amide bonds. The van der Waals surface area contributed by atoms with E-state index in [9.17, 15) is 19.2 Å². The number of unbranched alkanes of at least 4 members (excludes halogenated alkanes) is 2. The van der Waals surface area contributed by atoms with E-state index < -0.39 is 11.9 Å². The Morgan fingerprint density at radius 3 is 1.67 bits per heavy atom. The molecule has 180 valence electrons. The van der Waals surface area contributed by atoms with Gasteiger partial charge in [-0.2, -0.15) is 0 Å². The molecule has 8 nitrogen and oxygen atoms in total. The van der Waals surface area contributed by atoms with Gasteiger partial charge in [0.05, 0.1) is 18.8 Å². The van der Waals surface area contributed by atoms with E-state index in [1.54, 1.807) is 13.8 Å². The van der Waals surface area contributed by atoms with Crippen LogP contribution in [0.1, 0.15) is 118 Å². The predicted molar refractivity (Wildman–Crippen MR) is 124 cm³/mol. The maximum atomic E-state index is 12.6. The number of hydrogen-bond donors (Lipinski definition) is 2. The number of hydrogen-bond acceptors (Lipinski definition) is 6. The smallest absolute Gasteiger partial charge is 0.355 e. The van der Waals surface area contributed by atoms with Crippen molar-refractivity contribution in [3.05, 3.63) is 45.0 Å². The highest BCUT2D eigenvalue weighted by Crippen LogP contribution is 2.26. The Bertz CT molecular complexity index is 1040. The van der Waals surface area contributed by atoms with Gasteiger partial charge in [-0.25, -0.2) is 9.59 Å². The van der Waals surface area contributed by atoms with Gasteiger partial charge >= 0.3 is 11.9 Å². The van der Waals surface area contributed by atoms with Gasteiger partial charge in [-0.15, -0.1) is 0 Å². The van der Waals surface area contributed by atoms with Crippen LogP contribution in [0.25, 0.3) is 0 Å². The second kappa shape index (κ2) is 11.6. The lowest BCUT2D eigenvalue weighted by molar-refractivity contribution is 0.0483. The predicted octanol–water partition coefficient (Wildman–Crippen LogP) is 4.87. The van der Waals surface area contributed by atoms with Crippen LogP contribution >= 0.6 is 0 Å². The zero-order valence-corrected chi connectivity index (χ0v) is 20.4. The standard InChI is InChI=1S/C25H34N2O6/c1-7-9-11-32-24(30)22-15(4)20(16(5)28)19(27-22)13-18-14(3)21(17(6)29)23(26-18)25(31)33-12-10-8-2/h26-27H,7-13H2,1-6H3. The molecule has 2 aromatic heterocycles. The third-order valence-corrected chi connectivity index (χ3v) is 5.61. The molecule has 33 heavy (non-hydrogen) atoms. The van der Waals surface area contributed by atoms with Crippen LogP contribution < -0.4 is 0 Å². The number of carbonyl (C=O) groups is 4. The molecule has 0 atom stereocenters. The van der Waals surface area contributed by atoms with E-state index in [1.807, 2.05) is 13.8 Å². The normalized spacial score (nSPS) is 10.8. The van der Waals surface area contributed by atoms with E-state index in [0.29, 0.717) is 34.7 Å². The summed E-state index contributed by atoms with van der Waals surface area (Å²) in [7, 11) is 0. The van der Waals surface area contributed by atoms with E-state index in [1.165, 1.54) is 13.8 Å². The number of ketones is 2. The van der Waals surface area contributed by atoms with E-state index in [0.717, 1.165) is 25.7 Å². The van der Waals surface area contributed by atoms with E-state index >= 15 is 0 Å². The minimum absolute atomic E-state index is 0.109. The molecule has 0 unspecified atom stereocenters. The monoisotopic (exact) mass is 458 g/mol. The molecular formula is C25H34N2O6. The van der Waals surface area contributed by atoms with Crippen LogP contribution in [0.2, 0.25) is 0 Å². The number of aromatic nitrogens is 2. The van der Waals surface area contributed by atoms with Gasteiger partial charge in [0.2, 0.25) is 0 Å². The quantitative estimate of drug-likeness (QED) is 0.266. The van der Waals surface area contributed by atoms with E-state index in [4.69, 9.17) is 9.47 Å². The highest BCUT2D eigenvalue weighted by atomic mass is 16.5. The topological polar surface area (TPSA) is 118 Å². The molecule has 2 rings (SSSR count). The molecule has 0 fully saturated rings. The summed E-state index contributed by atoms with van der Waals surface area (Å²) in [6.45, 7) is 10.8. The lowest BCUT2D eigenvalue weighted by atomic mass is 10.0. The lowest BCUT2D eigenvalue weighted by Crippen LogP contribution is -2.11. The summed E-state index contributed by atoms with van der Waals surface area (Å²) in [4.78, 5) is 55.9. The number of H-pyrrole nitrogens is 2. The molecular weight excluding hydrogens is 424 g/mol. The number of Topliss-reactive ketones (excluding diaryl/α,β-unsaturated/α-hetero) is 2. The van der Waals surface area contributed by atoms with Gasteiger partial charge in [-0.3, -0.25) is 9.59 Å². The van der Waals surface area contributed by atoms with Crippen molar-refractivity contribution in [1.82, 2.24) is 9.97 Å². The minimum Gasteiger partial charge on any atom is -0.461 e. The lowest BCUT2D eigenvalue weighted by Gasteiger charge is -2.04. The number of nitrogens with one attached hydrogen (secondary N) is 2. The highest BCUT2D eigenvalue weighted by molar-refractivity contribution is 6.06. The molecule has 0 aromatic carbocycles. The van der Waals surface area contributed by atoms with Gasteiger partial charge in [0.25, 0.3) is 0 Å². The number of rotatable bonds is 12. The van der Waals surface area contributed by atoms with Crippen molar-refractivity contribution < 1.29 is 28.7 Å². The van der Waals surface area contributed by atoms with Gasteiger partial charge in [0, 0.05) is 23.4 Å².